The number of nitrogens with two attached hydrogens (primary N) is 1. The molecule has 1 aromatic rings. The molecule has 6 nitrogen and oxygen atoms in total. The van der Waals surface area contributed by atoms with Crippen LogP contribution in [0.25, 0.3) is 0 Å². The largest absolute Gasteiger partial charge is 0.480 e. The molecule has 0 spiro atoms. The fourth-order valence-electron chi connectivity index (χ4n) is 1.11. The van der Waals surface area contributed by atoms with E-state index in [2.05, 4.69) is 4.98 Å². The summed E-state index contributed by atoms with van der Waals surface area (Å²) in [6, 6.07) is 2.44. The maximum absolute atomic E-state index is 11.3. The van der Waals surface area contributed by atoms with Gasteiger partial charge in [-0.05, 0) is 24.1 Å². The number of carbonyl (C=O) groups excluding carboxylic acids is 1. The highest BCUT2D eigenvalue weighted by molar-refractivity contribution is 5.75. The molecule has 1 heterocycles. The van der Waals surface area contributed by atoms with Gasteiger partial charge in [0.15, 0.2) is 0 Å². The molecule has 0 aliphatic rings. The zero-order valence-electron chi connectivity index (χ0n) is 9.20. The summed E-state index contributed by atoms with van der Waals surface area (Å²) in [6.45, 7) is 0.156. The lowest BCUT2D eigenvalue weighted by Gasteiger charge is -2.06. The molecular weight excluding hydrogens is 224 g/mol. The van der Waals surface area contributed by atoms with Crippen LogP contribution in [0, 0.1) is 0 Å². The van der Waals surface area contributed by atoms with Crippen molar-refractivity contribution in [1.82, 2.24) is 4.98 Å². The molecule has 1 atom stereocenters. The fourth-order valence-corrected chi connectivity index (χ4v) is 1.11. The van der Waals surface area contributed by atoms with Crippen LogP contribution in [0.3, 0.4) is 0 Å². The van der Waals surface area contributed by atoms with Crippen LogP contribution in [-0.4, -0.2) is 28.1 Å². The number of aliphatic carboxylic acids is 1. The Balaban J connectivity index is 2.24. The van der Waals surface area contributed by atoms with Crippen molar-refractivity contribution in [2.24, 2.45) is 5.73 Å². The summed E-state index contributed by atoms with van der Waals surface area (Å²) in [5.74, 6) is -1.58. The number of carbonyl (C=O) groups is 2. The number of hydrogen-bond donors (Lipinski definition) is 2. The predicted molar refractivity (Wildman–Crippen MR) is 58.9 cm³/mol. The van der Waals surface area contributed by atoms with Crippen molar-refractivity contribution in [3.05, 3.63) is 30.1 Å². The number of aromatic nitrogens is 1. The molecule has 6 heteroatoms. The number of pyridine rings is 1. The molecule has 0 unspecified atom stereocenters. The van der Waals surface area contributed by atoms with Gasteiger partial charge in [-0.25, -0.2) is 0 Å². The first-order valence-electron chi connectivity index (χ1n) is 5.12. The third-order valence-electron chi connectivity index (χ3n) is 2.13. The van der Waals surface area contributed by atoms with E-state index in [4.69, 9.17) is 15.6 Å². The topological polar surface area (TPSA) is 103 Å². The van der Waals surface area contributed by atoms with Gasteiger partial charge in [0.05, 0.1) is 0 Å². The maximum atomic E-state index is 11.3. The number of nitrogens with zero attached hydrogens (tertiary/aromatic N) is 1. The zero-order valence-corrected chi connectivity index (χ0v) is 9.20. The van der Waals surface area contributed by atoms with Crippen molar-refractivity contribution in [3.63, 3.8) is 0 Å². The van der Waals surface area contributed by atoms with E-state index < -0.39 is 18.0 Å². The van der Waals surface area contributed by atoms with Crippen LogP contribution < -0.4 is 5.73 Å². The first-order chi connectivity index (χ1) is 8.09. The Labute approximate surface area is 98.4 Å². The Kier molecular flexibility index (Phi) is 5.09. The number of rotatable bonds is 6. The molecule has 0 radical (unpaired) electrons. The average Bonchev–Trinajstić information content (AvgIpc) is 2.34. The lowest BCUT2D eigenvalue weighted by Crippen LogP contribution is -2.30. The summed E-state index contributed by atoms with van der Waals surface area (Å²) in [6.07, 6.45) is 3.27. The van der Waals surface area contributed by atoms with Crippen molar-refractivity contribution >= 4 is 11.9 Å². The minimum atomic E-state index is -1.12. The van der Waals surface area contributed by atoms with Crippen LogP contribution >= 0.6 is 0 Å². The van der Waals surface area contributed by atoms with Gasteiger partial charge in [-0.1, -0.05) is 0 Å². The molecule has 0 aliphatic carbocycles. The lowest BCUT2D eigenvalue weighted by atomic mass is 10.2. The van der Waals surface area contributed by atoms with Crippen molar-refractivity contribution in [3.8, 4) is 0 Å². The minimum Gasteiger partial charge on any atom is -0.480 e. The minimum absolute atomic E-state index is 0.00144. The molecule has 0 aromatic carbocycles. The number of carboxylic acid groups (broad SMARTS) is 1. The molecule has 17 heavy (non-hydrogen) atoms. The third-order valence-corrected chi connectivity index (χ3v) is 2.13. The van der Waals surface area contributed by atoms with Crippen molar-refractivity contribution in [1.29, 1.82) is 0 Å². The van der Waals surface area contributed by atoms with Crippen molar-refractivity contribution in [2.75, 3.05) is 0 Å². The van der Waals surface area contributed by atoms with Gasteiger partial charge in [-0.3, -0.25) is 14.6 Å². The monoisotopic (exact) mass is 238 g/mol. The van der Waals surface area contributed by atoms with Crippen LogP contribution in [0.4, 0.5) is 0 Å². The van der Waals surface area contributed by atoms with E-state index in [1.807, 2.05) is 0 Å². The molecule has 0 saturated heterocycles. The summed E-state index contributed by atoms with van der Waals surface area (Å²) >= 11 is 0. The second-order valence-corrected chi connectivity index (χ2v) is 3.50. The van der Waals surface area contributed by atoms with Gasteiger partial charge in [0.1, 0.15) is 12.6 Å². The van der Waals surface area contributed by atoms with Gasteiger partial charge < -0.3 is 15.6 Å². The molecular formula is C11H14N2O4. The second-order valence-electron chi connectivity index (χ2n) is 3.50. The molecule has 3 N–H and O–H groups in total. The highest BCUT2D eigenvalue weighted by Gasteiger charge is 2.14. The van der Waals surface area contributed by atoms with Crippen LogP contribution in [0.5, 0.6) is 0 Å². The number of carboxylic acids is 1. The number of ether oxygens (including phenoxy) is 1. The molecule has 0 bridgehead atoms. The average molecular weight is 238 g/mol. The van der Waals surface area contributed by atoms with Crippen molar-refractivity contribution < 1.29 is 19.4 Å². The zero-order chi connectivity index (χ0) is 12.7. The standard InChI is InChI=1S/C11H14N2O4/c12-9(11(15)16)1-2-10(14)17-7-8-3-5-13-6-4-8/h3-6,9H,1-2,7,12H2,(H,15,16)/t9-/m0/s1. The molecule has 0 amide bonds. The Hall–Kier alpha value is -1.95. The van der Waals surface area contributed by atoms with E-state index in [-0.39, 0.29) is 19.4 Å². The number of esters is 1. The van der Waals surface area contributed by atoms with E-state index >= 15 is 0 Å². The highest BCUT2D eigenvalue weighted by Crippen LogP contribution is 2.02. The van der Waals surface area contributed by atoms with Gasteiger partial charge in [-0.15, -0.1) is 0 Å². The fraction of sp³-hybridized carbons (Fsp3) is 0.364. The molecule has 1 rings (SSSR count). The normalized spacial score (nSPS) is 11.8. The van der Waals surface area contributed by atoms with E-state index in [9.17, 15) is 9.59 Å². The Bertz CT molecular complexity index is 380. The van der Waals surface area contributed by atoms with Gasteiger partial charge >= 0.3 is 11.9 Å². The third kappa shape index (κ3) is 5.07. The lowest BCUT2D eigenvalue weighted by molar-refractivity contribution is -0.145. The van der Waals surface area contributed by atoms with Gasteiger partial charge in [0.2, 0.25) is 0 Å². The Morgan fingerprint density at radius 3 is 2.65 bits per heavy atom. The van der Waals surface area contributed by atoms with E-state index in [0.29, 0.717) is 0 Å². The second kappa shape index (κ2) is 6.59. The van der Waals surface area contributed by atoms with Gasteiger partial charge in [-0.2, -0.15) is 0 Å². The summed E-state index contributed by atoms with van der Waals surface area (Å²) in [5.41, 5.74) is 6.09. The highest BCUT2D eigenvalue weighted by atomic mass is 16.5. The van der Waals surface area contributed by atoms with Crippen LogP contribution in [0.1, 0.15) is 18.4 Å². The maximum Gasteiger partial charge on any atom is 0.320 e. The van der Waals surface area contributed by atoms with Crippen molar-refractivity contribution in [2.45, 2.75) is 25.5 Å². The molecule has 0 aliphatic heterocycles. The van der Waals surface area contributed by atoms with E-state index in [1.165, 1.54) is 0 Å². The summed E-state index contributed by atoms with van der Waals surface area (Å²) < 4.78 is 4.94. The SMILES string of the molecule is N[C@@H](CCC(=O)OCc1ccncc1)C(=O)O. The summed E-state index contributed by atoms with van der Waals surface area (Å²) in [7, 11) is 0. The first kappa shape index (κ1) is 13.1. The predicted octanol–water partition coefficient (Wildman–Crippen LogP) is 0.317. The van der Waals surface area contributed by atoms with Crippen LogP contribution in [-0.2, 0) is 20.9 Å². The summed E-state index contributed by atoms with van der Waals surface area (Å²) in [5, 5.41) is 8.52. The molecule has 92 valence electrons. The van der Waals surface area contributed by atoms with E-state index in [1.54, 1.807) is 24.5 Å². The van der Waals surface area contributed by atoms with Gasteiger partial charge in [0, 0.05) is 18.8 Å². The molecule has 0 saturated carbocycles. The van der Waals surface area contributed by atoms with Crippen LogP contribution in [0.15, 0.2) is 24.5 Å². The smallest absolute Gasteiger partial charge is 0.320 e. The Morgan fingerprint density at radius 1 is 1.41 bits per heavy atom. The van der Waals surface area contributed by atoms with Gasteiger partial charge in [0.25, 0.3) is 0 Å². The Morgan fingerprint density at radius 2 is 2.06 bits per heavy atom. The number of hydrogen-bond acceptors (Lipinski definition) is 5. The van der Waals surface area contributed by atoms with Crippen LogP contribution in [0.2, 0.25) is 0 Å². The first-order valence-corrected chi connectivity index (χ1v) is 5.12. The molecule has 0 fully saturated rings. The molecule has 1 aromatic heterocycles. The summed E-state index contributed by atoms with van der Waals surface area (Å²) in [4.78, 5) is 25.5. The quantitative estimate of drug-likeness (QED) is 0.692. The van der Waals surface area contributed by atoms with E-state index in [0.717, 1.165) is 5.56 Å².